The molecule has 0 saturated carbocycles. The molecule has 116 valence electrons. The third-order valence-corrected chi connectivity index (χ3v) is 4.05. The fraction of sp³-hybridized carbons (Fsp3) is 0.533. The van der Waals surface area contributed by atoms with Crippen LogP contribution in [0.5, 0.6) is 0 Å². The number of carbonyl (C=O) groups excluding carboxylic acids is 2. The molecule has 1 aromatic rings. The van der Waals surface area contributed by atoms with E-state index < -0.39 is 0 Å². The van der Waals surface area contributed by atoms with Gasteiger partial charge in [0.05, 0.1) is 16.1 Å². The molecule has 0 spiro atoms. The average Bonchev–Trinajstić information content (AvgIpc) is 2.66. The van der Waals surface area contributed by atoms with Gasteiger partial charge in [0.15, 0.2) is 10.9 Å². The minimum absolute atomic E-state index is 0.0130. The molecule has 6 heteroatoms. The third-order valence-electron chi connectivity index (χ3n) is 2.86. The minimum Gasteiger partial charge on any atom is -0.383 e. The van der Waals surface area contributed by atoms with Crippen LogP contribution >= 0.6 is 11.3 Å². The molecule has 0 aromatic carbocycles. The first kappa shape index (κ1) is 17.4. The van der Waals surface area contributed by atoms with Gasteiger partial charge >= 0.3 is 0 Å². The van der Waals surface area contributed by atoms with Crippen LogP contribution in [0.25, 0.3) is 5.57 Å². The quantitative estimate of drug-likeness (QED) is 0.785. The van der Waals surface area contributed by atoms with E-state index in [0.29, 0.717) is 10.7 Å². The number of ketones is 1. The molecular formula is C15H23N3O2S. The van der Waals surface area contributed by atoms with Crippen molar-refractivity contribution in [3.05, 3.63) is 16.8 Å². The average molecular weight is 309 g/mol. The fourth-order valence-electron chi connectivity index (χ4n) is 2.02. The summed E-state index contributed by atoms with van der Waals surface area (Å²) < 4.78 is 0. The van der Waals surface area contributed by atoms with Gasteiger partial charge < -0.3 is 4.90 Å². The summed E-state index contributed by atoms with van der Waals surface area (Å²) >= 11 is 1.38. The van der Waals surface area contributed by atoms with E-state index in [1.165, 1.54) is 18.3 Å². The number of rotatable bonds is 5. The van der Waals surface area contributed by atoms with E-state index in [9.17, 15) is 9.59 Å². The molecule has 0 aliphatic carbocycles. The number of amides is 1. The van der Waals surface area contributed by atoms with Crippen LogP contribution in [0.3, 0.4) is 0 Å². The Hall–Kier alpha value is -1.69. The van der Waals surface area contributed by atoms with Gasteiger partial charge in [-0.05, 0) is 27.7 Å². The molecular weight excluding hydrogens is 286 g/mol. The molecule has 0 aliphatic heterocycles. The Labute approximate surface area is 130 Å². The summed E-state index contributed by atoms with van der Waals surface area (Å²) in [5.41, 5.74) is 1.39. The Kier molecular flexibility index (Phi) is 5.66. The number of allylic oxidation sites excluding steroid dienone is 1. The molecule has 0 fully saturated rings. The van der Waals surface area contributed by atoms with Crippen molar-refractivity contribution in [2.24, 2.45) is 0 Å². The summed E-state index contributed by atoms with van der Waals surface area (Å²) in [5.74, 6) is -0.0628. The van der Waals surface area contributed by atoms with Crippen LogP contribution in [-0.4, -0.2) is 41.7 Å². The van der Waals surface area contributed by atoms with Gasteiger partial charge in [-0.3, -0.25) is 14.5 Å². The maximum Gasteiger partial charge on any atom is 0.225 e. The summed E-state index contributed by atoms with van der Waals surface area (Å²) in [4.78, 5) is 32.4. The highest BCUT2D eigenvalue weighted by molar-refractivity contribution is 7.17. The first-order valence-corrected chi connectivity index (χ1v) is 7.63. The third kappa shape index (κ3) is 4.14. The molecule has 1 aromatic heterocycles. The topological polar surface area (TPSA) is 53.5 Å². The molecule has 0 aliphatic rings. The van der Waals surface area contributed by atoms with E-state index >= 15 is 0 Å². The van der Waals surface area contributed by atoms with Crippen molar-refractivity contribution >= 4 is 33.7 Å². The van der Waals surface area contributed by atoms with Crippen molar-refractivity contribution < 1.29 is 9.59 Å². The predicted molar refractivity (Wildman–Crippen MR) is 87.5 cm³/mol. The van der Waals surface area contributed by atoms with Crippen LogP contribution in [0.4, 0.5) is 5.13 Å². The van der Waals surface area contributed by atoms with E-state index in [4.69, 9.17) is 0 Å². The smallest absolute Gasteiger partial charge is 0.225 e. The van der Waals surface area contributed by atoms with Gasteiger partial charge in [-0.25, -0.2) is 4.98 Å². The Morgan fingerprint density at radius 1 is 1.24 bits per heavy atom. The maximum atomic E-state index is 11.9. The van der Waals surface area contributed by atoms with Gasteiger partial charge in [-0.1, -0.05) is 11.3 Å². The lowest BCUT2D eigenvalue weighted by molar-refractivity contribution is -0.117. The minimum atomic E-state index is -0.0498. The molecule has 0 bridgehead atoms. The van der Waals surface area contributed by atoms with Crippen molar-refractivity contribution in [1.82, 2.24) is 9.88 Å². The lowest BCUT2D eigenvalue weighted by atomic mass is 10.1. The normalized spacial score (nSPS) is 11.7. The summed E-state index contributed by atoms with van der Waals surface area (Å²) in [5, 5.41) is 0.635. The van der Waals surface area contributed by atoms with E-state index in [0.717, 1.165) is 10.6 Å². The number of hydrogen-bond donors (Lipinski definition) is 0. The largest absolute Gasteiger partial charge is 0.383 e. The van der Waals surface area contributed by atoms with Crippen molar-refractivity contribution in [3.63, 3.8) is 0 Å². The van der Waals surface area contributed by atoms with Gasteiger partial charge in [0.25, 0.3) is 0 Å². The number of aryl methyl sites for hydroxylation is 1. The van der Waals surface area contributed by atoms with Crippen molar-refractivity contribution in [1.29, 1.82) is 0 Å². The first-order chi connectivity index (χ1) is 9.65. The number of nitrogens with zero attached hydrogens (tertiary/aromatic N) is 3. The first-order valence-electron chi connectivity index (χ1n) is 6.82. The molecule has 5 nitrogen and oxygen atoms in total. The van der Waals surface area contributed by atoms with Crippen molar-refractivity contribution in [2.45, 2.75) is 40.7 Å². The standard InChI is InChI=1S/C15H23N3O2S/c1-9(2)18(12(5)20)15-16-10(3)14(21-15)13(11(4)19)8-17(6)7/h8-9H,1-7H3. The van der Waals surface area contributed by atoms with E-state index in [1.807, 2.05) is 39.8 Å². The molecule has 1 heterocycles. The Bertz CT molecular complexity index is 573. The van der Waals surface area contributed by atoms with E-state index in [-0.39, 0.29) is 17.7 Å². The van der Waals surface area contributed by atoms with Crippen LogP contribution in [0.2, 0.25) is 0 Å². The van der Waals surface area contributed by atoms with Crippen LogP contribution in [0.1, 0.15) is 38.3 Å². The molecule has 0 saturated heterocycles. The van der Waals surface area contributed by atoms with Gasteiger partial charge in [-0.15, -0.1) is 0 Å². The summed E-state index contributed by atoms with van der Waals surface area (Å²) in [6.07, 6.45) is 1.79. The number of anilines is 1. The second-order valence-corrected chi connectivity index (χ2v) is 6.43. The van der Waals surface area contributed by atoms with Gasteiger partial charge in [-0.2, -0.15) is 0 Å². The second kappa shape index (κ2) is 6.85. The molecule has 1 rings (SSSR count). The lowest BCUT2D eigenvalue weighted by Gasteiger charge is -2.22. The lowest BCUT2D eigenvalue weighted by Crippen LogP contribution is -2.34. The SMILES string of the molecule is CC(=O)C(=CN(C)C)c1sc(N(C(C)=O)C(C)C)nc1C. The summed E-state index contributed by atoms with van der Waals surface area (Å²) in [6, 6.07) is 0.0273. The fourth-order valence-corrected chi connectivity index (χ4v) is 3.32. The van der Waals surface area contributed by atoms with Gasteiger partial charge in [0.2, 0.25) is 5.91 Å². The highest BCUT2D eigenvalue weighted by Crippen LogP contribution is 2.33. The Morgan fingerprint density at radius 2 is 1.81 bits per heavy atom. The van der Waals surface area contributed by atoms with E-state index in [1.54, 1.807) is 18.0 Å². The number of Topliss-reactive ketones (excluding diaryl/α,β-unsaturated/α-hetero) is 1. The van der Waals surface area contributed by atoms with Crippen LogP contribution in [0.15, 0.2) is 6.20 Å². The molecule has 1 amide bonds. The van der Waals surface area contributed by atoms with E-state index in [2.05, 4.69) is 4.98 Å². The zero-order valence-electron chi connectivity index (χ0n) is 13.7. The van der Waals surface area contributed by atoms with Crippen molar-refractivity contribution in [3.8, 4) is 0 Å². The van der Waals surface area contributed by atoms with Gasteiger partial charge in [0, 0.05) is 33.3 Å². The highest BCUT2D eigenvalue weighted by Gasteiger charge is 2.23. The van der Waals surface area contributed by atoms with Crippen LogP contribution < -0.4 is 4.90 Å². The summed E-state index contributed by atoms with van der Waals surface area (Å²) in [6.45, 7) is 8.82. The zero-order chi connectivity index (χ0) is 16.3. The van der Waals surface area contributed by atoms with Crippen LogP contribution in [0, 0.1) is 6.92 Å². The highest BCUT2D eigenvalue weighted by atomic mass is 32.1. The summed E-state index contributed by atoms with van der Waals surface area (Å²) in [7, 11) is 3.74. The monoisotopic (exact) mass is 309 g/mol. The van der Waals surface area contributed by atoms with Crippen molar-refractivity contribution in [2.75, 3.05) is 19.0 Å². The number of hydrogen-bond acceptors (Lipinski definition) is 5. The van der Waals surface area contributed by atoms with Crippen LogP contribution in [-0.2, 0) is 9.59 Å². The Morgan fingerprint density at radius 3 is 2.19 bits per heavy atom. The molecule has 21 heavy (non-hydrogen) atoms. The predicted octanol–water partition coefficient (Wildman–Crippen LogP) is 2.70. The molecule has 0 atom stereocenters. The number of carbonyl (C=O) groups is 2. The zero-order valence-corrected chi connectivity index (χ0v) is 14.5. The molecule has 0 radical (unpaired) electrons. The number of thiazole rings is 1. The Balaban J connectivity index is 3.35. The van der Waals surface area contributed by atoms with Gasteiger partial charge in [0.1, 0.15) is 0 Å². The maximum absolute atomic E-state index is 11.9. The molecule has 0 unspecified atom stereocenters. The number of aromatic nitrogens is 1. The second-order valence-electron chi connectivity index (χ2n) is 5.46. The molecule has 0 N–H and O–H groups in total.